The van der Waals surface area contributed by atoms with Gasteiger partial charge in [-0.25, -0.2) is 4.79 Å². The third kappa shape index (κ3) is 4.53. The van der Waals surface area contributed by atoms with Crippen molar-refractivity contribution in [2.45, 2.75) is 13.2 Å². The van der Waals surface area contributed by atoms with Crippen LogP contribution in [0.4, 0.5) is 14.5 Å². The van der Waals surface area contributed by atoms with Crippen molar-refractivity contribution < 1.29 is 32.3 Å². The van der Waals surface area contributed by atoms with Crippen LogP contribution in [0.25, 0.3) is 11.1 Å². The van der Waals surface area contributed by atoms with Crippen LogP contribution in [0.3, 0.4) is 0 Å². The summed E-state index contributed by atoms with van der Waals surface area (Å²) in [6.45, 7) is -4.18. The quantitative estimate of drug-likeness (QED) is 0.620. The van der Waals surface area contributed by atoms with Gasteiger partial charge in [0.25, 0.3) is 5.91 Å². The average molecular weight is 392 g/mol. The van der Waals surface area contributed by atoms with E-state index in [-0.39, 0.29) is 11.4 Å². The number of rotatable bonds is 7. The normalized spacial score (nSPS) is 10.8. The second kappa shape index (κ2) is 8.33. The molecule has 3 aromatic rings. The molecule has 2 aromatic carbocycles. The number of anilines is 1. The highest BCUT2D eigenvalue weighted by Crippen LogP contribution is 2.25. The minimum atomic E-state index is -3.06. The minimum Gasteiger partial charge on any atom is -0.454 e. The van der Waals surface area contributed by atoms with E-state index >= 15 is 0 Å². The molecule has 1 aromatic heterocycles. The van der Waals surface area contributed by atoms with Crippen LogP contribution in [0.1, 0.15) is 0 Å². The van der Waals surface area contributed by atoms with Gasteiger partial charge in [0.05, 0.1) is 11.2 Å². The summed E-state index contributed by atoms with van der Waals surface area (Å²) in [6, 6.07) is 12.1. The molecule has 10 heteroatoms. The number of oxazole rings is 1. The van der Waals surface area contributed by atoms with Crippen molar-refractivity contribution in [3.63, 3.8) is 0 Å². The van der Waals surface area contributed by atoms with Crippen LogP contribution in [0.5, 0.6) is 5.75 Å². The maximum Gasteiger partial charge on any atom is 0.420 e. The molecule has 0 fully saturated rings. The third-order valence-corrected chi connectivity index (χ3v) is 3.60. The highest BCUT2D eigenvalue weighted by molar-refractivity contribution is 5.94. The molecule has 0 saturated carbocycles. The predicted molar refractivity (Wildman–Crippen MR) is 93.1 cm³/mol. The van der Waals surface area contributed by atoms with E-state index in [1.807, 2.05) is 0 Å². The largest absolute Gasteiger partial charge is 0.454 e. The molecule has 0 bridgehead atoms. The number of aromatic nitrogens is 1. The molecule has 28 heavy (non-hydrogen) atoms. The number of ether oxygens (including phenoxy) is 2. The molecule has 0 spiro atoms. The summed E-state index contributed by atoms with van der Waals surface area (Å²) in [6.07, 6.45) is 0. The first-order chi connectivity index (χ1) is 13.4. The number of nitrogens with one attached hydrogen (secondary N) is 1. The lowest BCUT2D eigenvalue weighted by Crippen LogP contribution is -2.26. The molecular weight excluding hydrogens is 378 g/mol. The van der Waals surface area contributed by atoms with Crippen molar-refractivity contribution in [1.29, 1.82) is 0 Å². The van der Waals surface area contributed by atoms with Crippen LogP contribution in [-0.2, 0) is 20.9 Å². The van der Waals surface area contributed by atoms with Crippen LogP contribution in [-0.4, -0.2) is 29.7 Å². The first-order valence-corrected chi connectivity index (χ1v) is 8.01. The van der Waals surface area contributed by atoms with Crippen LogP contribution in [0, 0.1) is 0 Å². The van der Waals surface area contributed by atoms with Crippen molar-refractivity contribution in [3.8, 4) is 5.75 Å². The number of para-hydroxylation sites is 4. The number of carbonyl (C=O) groups excluding carboxylic acids is 2. The van der Waals surface area contributed by atoms with E-state index < -0.39 is 37.4 Å². The molecule has 0 radical (unpaired) electrons. The molecule has 0 aliphatic heterocycles. The summed E-state index contributed by atoms with van der Waals surface area (Å²) >= 11 is 0. The van der Waals surface area contributed by atoms with E-state index in [2.05, 4.69) is 10.1 Å². The number of hydrogen-bond acceptors (Lipinski definition) is 6. The molecule has 1 N–H and O–H groups in total. The van der Waals surface area contributed by atoms with Gasteiger partial charge >= 0.3 is 18.3 Å². The number of nitrogens with zero attached hydrogens (tertiary/aromatic N) is 1. The lowest BCUT2D eigenvalue weighted by molar-refractivity contribution is -0.147. The van der Waals surface area contributed by atoms with E-state index in [9.17, 15) is 23.2 Å². The van der Waals surface area contributed by atoms with Gasteiger partial charge in [-0.05, 0) is 24.3 Å². The summed E-state index contributed by atoms with van der Waals surface area (Å²) in [5.74, 6) is -2.57. The number of amides is 1. The van der Waals surface area contributed by atoms with Gasteiger partial charge in [-0.3, -0.25) is 14.2 Å². The van der Waals surface area contributed by atoms with E-state index in [0.717, 1.165) is 4.57 Å². The van der Waals surface area contributed by atoms with Crippen LogP contribution in [0.2, 0.25) is 0 Å². The monoisotopic (exact) mass is 392 g/mol. The van der Waals surface area contributed by atoms with E-state index in [0.29, 0.717) is 11.1 Å². The Labute approximate surface area is 156 Å². The molecule has 0 atom stereocenters. The zero-order chi connectivity index (χ0) is 20.1. The maximum atomic E-state index is 12.4. The van der Waals surface area contributed by atoms with Gasteiger partial charge in [-0.1, -0.05) is 24.3 Å². The zero-order valence-corrected chi connectivity index (χ0v) is 14.3. The van der Waals surface area contributed by atoms with Crippen LogP contribution < -0.4 is 15.8 Å². The van der Waals surface area contributed by atoms with Gasteiger partial charge in [0.1, 0.15) is 12.3 Å². The van der Waals surface area contributed by atoms with E-state index in [1.165, 1.54) is 24.3 Å². The van der Waals surface area contributed by atoms with Gasteiger partial charge in [0.15, 0.2) is 12.2 Å². The van der Waals surface area contributed by atoms with Gasteiger partial charge in [-0.2, -0.15) is 8.78 Å². The molecule has 146 valence electrons. The van der Waals surface area contributed by atoms with Crippen LogP contribution in [0.15, 0.2) is 57.7 Å². The summed E-state index contributed by atoms with van der Waals surface area (Å²) in [7, 11) is 0. The van der Waals surface area contributed by atoms with Gasteiger partial charge in [0.2, 0.25) is 0 Å². The Morgan fingerprint density at radius 2 is 1.82 bits per heavy atom. The lowest BCUT2D eigenvalue weighted by atomic mass is 10.3. The number of esters is 1. The number of fused-ring (bicyclic) bond motifs is 1. The van der Waals surface area contributed by atoms with Gasteiger partial charge < -0.3 is 19.2 Å². The van der Waals surface area contributed by atoms with Crippen molar-refractivity contribution >= 4 is 28.7 Å². The van der Waals surface area contributed by atoms with Crippen LogP contribution >= 0.6 is 0 Å². The summed E-state index contributed by atoms with van der Waals surface area (Å²) in [5.41, 5.74) is 0.724. The Balaban J connectivity index is 1.58. The highest BCUT2D eigenvalue weighted by atomic mass is 19.3. The standard InChI is InChI=1S/C18H14F2N2O6/c19-17(20)27-13-7-3-1-5-11(13)21-15(23)10-26-16(24)9-22-12-6-2-4-8-14(12)28-18(22)25/h1-8,17H,9-10H2,(H,21,23). The Morgan fingerprint density at radius 3 is 2.61 bits per heavy atom. The smallest absolute Gasteiger partial charge is 0.420 e. The Hall–Kier alpha value is -3.69. The van der Waals surface area contributed by atoms with Crippen molar-refractivity contribution in [1.82, 2.24) is 4.57 Å². The third-order valence-electron chi connectivity index (χ3n) is 3.60. The molecule has 3 rings (SSSR count). The molecule has 0 unspecified atom stereocenters. The molecule has 1 heterocycles. The highest BCUT2D eigenvalue weighted by Gasteiger charge is 2.16. The average Bonchev–Trinajstić information content (AvgIpc) is 2.97. The Morgan fingerprint density at radius 1 is 1.11 bits per heavy atom. The number of benzene rings is 2. The summed E-state index contributed by atoms with van der Waals surface area (Å²) in [5, 5.41) is 2.31. The lowest BCUT2D eigenvalue weighted by Gasteiger charge is -2.11. The maximum absolute atomic E-state index is 12.4. The number of hydrogen-bond donors (Lipinski definition) is 1. The van der Waals surface area contributed by atoms with E-state index in [4.69, 9.17) is 9.15 Å². The fourth-order valence-corrected chi connectivity index (χ4v) is 2.44. The Kier molecular flexibility index (Phi) is 5.68. The zero-order valence-electron chi connectivity index (χ0n) is 14.3. The van der Waals surface area contributed by atoms with E-state index in [1.54, 1.807) is 24.3 Å². The predicted octanol–water partition coefficient (Wildman–Crippen LogP) is 2.38. The number of carbonyl (C=O) groups is 2. The SMILES string of the molecule is O=C(COC(=O)Cn1c(=O)oc2ccccc21)Nc1ccccc1OC(F)F. The fourth-order valence-electron chi connectivity index (χ4n) is 2.44. The Bertz CT molecular complexity index is 1060. The number of alkyl halides is 2. The topological polar surface area (TPSA) is 99.8 Å². The second-order valence-corrected chi connectivity index (χ2v) is 5.51. The fraction of sp³-hybridized carbons (Fsp3) is 0.167. The van der Waals surface area contributed by atoms with Gasteiger partial charge in [0, 0.05) is 0 Å². The summed E-state index contributed by atoms with van der Waals surface area (Å²) < 4.78 is 39.9. The molecular formula is C18H14F2N2O6. The molecule has 8 nitrogen and oxygen atoms in total. The molecule has 1 amide bonds. The summed E-state index contributed by atoms with van der Waals surface area (Å²) in [4.78, 5) is 35.7. The van der Waals surface area contributed by atoms with Crippen molar-refractivity contribution in [2.75, 3.05) is 11.9 Å². The first kappa shape index (κ1) is 19.1. The number of halogens is 2. The van der Waals surface area contributed by atoms with Crippen molar-refractivity contribution in [2.24, 2.45) is 0 Å². The molecule has 0 saturated heterocycles. The van der Waals surface area contributed by atoms with Crippen molar-refractivity contribution in [3.05, 3.63) is 59.1 Å². The first-order valence-electron chi connectivity index (χ1n) is 8.01. The second-order valence-electron chi connectivity index (χ2n) is 5.51. The minimum absolute atomic E-state index is 0.000831. The van der Waals surface area contributed by atoms with Gasteiger partial charge in [-0.15, -0.1) is 0 Å². The molecule has 0 aliphatic rings. The molecule has 0 aliphatic carbocycles.